The van der Waals surface area contributed by atoms with E-state index < -0.39 is 0 Å². The van der Waals surface area contributed by atoms with Crippen LogP contribution in [0.4, 0.5) is 0 Å². The normalized spacial score (nSPS) is 21.2. The van der Waals surface area contributed by atoms with E-state index in [0.717, 1.165) is 13.0 Å². The van der Waals surface area contributed by atoms with Gasteiger partial charge in [0.1, 0.15) is 0 Å². The quantitative estimate of drug-likeness (QED) is 0.741. The van der Waals surface area contributed by atoms with E-state index in [2.05, 4.69) is 6.07 Å². The van der Waals surface area contributed by atoms with Gasteiger partial charge in [-0.3, -0.25) is 0 Å². The predicted octanol–water partition coefficient (Wildman–Crippen LogP) is 1.48. The van der Waals surface area contributed by atoms with Crippen LogP contribution in [0.2, 0.25) is 0 Å². The summed E-state index contributed by atoms with van der Waals surface area (Å²) in [7, 11) is 0. The van der Waals surface area contributed by atoms with Gasteiger partial charge in [0.15, 0.2) is 0 Å². The molecule has 2 heteroatoms. The monoisotopic (exact) mass is 177 g/mol. The Morgan fingerprint density at radius 2 is 2.54 bits per heavy atom. The van der Waals surface area contributed by atoms with Crippen LogP contribution in [0.1, 0.15) is 23.7 Å². The SMILES string of the molecule is OCCC1OCCc2c[c]ccc21. The Kier molecular flexibility index (Phi) is 2.62. The maximum atomic E-state index is 8.86. The minimum absolute atomic E-state index is 0.0864. The first-order valence-corrected chi connectivity index (χ1v) is 4.63. The van der Waals surface area contributed by atoms with Crippen molar-refractivity contribution in [2.45, 2.75) is 18.9 Å². The summed E-state index contributed by atoms with van der Waals surface area (Å²) < 4.78 is 5.57. The molecule has 1 aromatic rings. The van der Waals surface area contributed by atoms with Gasteiger partial charge >= 0.3 is 0 Å². The average Bonchev–Trinajstić information content (AvgIpc) is 2.19. The number of aliphatic hydroxyl groups excluding tert-OH is 1. The first kappa shape index (κ1) is 8.73. The standard InChI is InChI=1S/C11H13O2/c12-7-5-11-10-4-2-1-3-9(10)6-8-13-11/h2-4,11-12H,5-8H2. The molecule has 1 unspecified atom stereocenters. The van der Waals surface area contributed by atoms with Crippen molar-refractivity contribution in [3.8, 4) is 0 Å². The number of hydrogen-bond acceptors (Lipinski definition) is 2. The van der Waals surface area contributed by atoms with E-state index in [4.69, 9.17) is 9.84 Å². The summed E-state index contributed by atoms with van der Waals surface area (Å²) in [5.74, 6) is 0. The molecule has 0 saturated heterocycles. The van der Waals surface area contributed by atoms with Gasteiger partial charge in [0.2, 0.25) is 0 Å². The van der Waals surface area contributed by atoms with Crippen LogP contribution in [0.25, 0.3) is 0 Å². The first-order valence-electron chi connectivity index (χ1n) is 4.63. The van der Waals surface area contributed by atoms with E-state index >= 15 is 0 Å². The van der Waals surface area contributed by atoms with Crippen molar-refractivity contribution in [2.24, 2.45) is 0 Å². The minimum atomic E-state index is 0.0864. The Balaban J connectivity index is 2.26. The van der Waals surface area contributed by atoms with Crippen LogP contribution in [0.15, 0.2) is 18.2 Å². The van der Waals surface area contributed by atoms with Gasteiger partial charge in [0.25, 0.3) is 0 Å². The van der Waals surface area contributed by atoms with Gasteiger partial charge in [-0.15, -0.1) is 0 Å². The fraction of sp³-hybridized carbons (Fsp3) is 0.455. The van der Waals surface area contributed by atoms with Gasteiger partial charge in [-0.1, -0.05) is 18.2 Å². The third kappa shape index (κ3) is 1.74. The van der Waals surface area contributed by atoms with Crippen molar-refractivity contribution in [3.63, 3.8) is 0 Å². The van der Waals surface area contributed by atoms with E-state index in [1.807, 2.05) is 18.2 Å². The van der Waals surface area contributed by atoms with Crippen LogP contribution in [-0.4, -0.2) is 18.3 Å². The summed E-state index contributed by atoms with van der Waals surface area (Å²) in [5, 5.41) is 8.86. The van der Waals surface area contributed by atoms with E-state index in [-0.39, 0.29) is 12.7 Å². The Labute approximate surface area is 78.2 Å². The van der Waals surface area contributed by atoms with E-state index in [1.54, 1.807) is 0 Å². The zero-order chi connectivity index (χ0) is 9.10. The lowest BCUT2D eigenvalue weighted by Gasteiger charge is -2.25. The van der Waals surface area contributed by atoms with E-state index in [0.29, 0.717) is 6.42 Å². The number of aliphatic hydroxyl groups is 1. The second kappa shape index (κ2) is 3.90. The van der Waals surface area contributed by atoms with Crippen molar-refractivity contribution >= 4 is 0 Å². The molecule has 0 fully saturated rings. The molecule has 2 rings (SSSR count). The minimum Gasteiger partial charge on any atom is -0.396 e. The van der Waals surface area contributed by atoms with Crippen LogP contribution < -0.4 is 0 Å². The molecule has 0 aromatic heterocycles. The second-order valence-corrected chi connectivity index (χ2v) is 3.25. The Hall–Kier alpha value is -0.860. The Morgan fingerprint density at radius 3 is 3.38 bits per heavy atom. The highest BCUT2D eigenvalue weighted by Gasteiger charge is 2.19. The van der Waals surface area contributed by atoms with Gasteiger partial charge in [-0.25, -0.2) is 0 Å². The summed E-state index contributed by atoms with van der Waals surface area (Å²) in [4.78, 5) is 0. The lowest BCUT2D eigenvalue weighted by molar-refractivity contribution is 0.0253. The molecule has 0 bridgehead atoms. The molecule has 69 valence electrons. The zero-order valence-electron chi connectivity index (χ0n) is 7.49. The largest absolute Gasteiger partial charge is 0.396 e. The fourth-order valence-electron chi connectivity index (χ4n) is 1.76. The number of ether oxygens (including phenoxy) is 1. The van der Waals surface area contributed by atoms with Crippen LogP contribution in [0, 0.1) is 6.07 Å². The molecule has 1 radical (unpaired) electrons. The summed E-state index contributed by atoms with van der Waals surface area (Å²) in [6.07, 6.45) is 1.74. The highest BCUT2D eigenvalue weighted by Crippen LogP contribution is 2.28. The number of fused-ring (bicyclic) bond motifs is 1. The number of benzene rings is 1. The van der Waals surface area contributed by atoms with Crippen molar-refractivity contribution in [1.82, 2.24) is 0 Å². The highest BCUT2D eigenvalue weighted by molar-refractivity contribution is 5.30. The Morgan fingerprint density at radius 1 is 1.62 bits per heavy atom. The Bertz CT molecular complexity index is 283. The highest BCUT2D eigenvalue weighted by atomic mass is 16.5. The van der Waals surface area contributed by atoms with Gasteiger partial charge in [0.05, 0.1) is 12.7 Å². The molecule has 1 aliphatic rings. The van der Waals surface area contributed by atoms with Crippen molar-refractivity contribution in [3.05, 3.63) is 35.4 Å². The number of rotatable bonds is 2. The van der Waals surface area contributed by atoms with E-state index in [1.165, 1.54) is 11.1 Å². The van der Waals surface area contributed by atoms with Gasteiger partial charge < -0.3 is 9.84 Å². The lowest BCUT2D eigenvalue weighted by Crippen LogP contribution is -2.17. The van der Waals surface area contributed by atoms with Crippen LogP contribution in [0.5, 0.6) is 0 Å². The van der Waals surface area contributed by atoms with Gasteiger partial charge in [0, 0.05) is 13.0 Å². The van der Waals surface area contributed by atoms with Crippen LogP contribution in [-0.2, 0) is 11.2 Å². The summed E-state index contributed by atoms with van der Waals surface area (Å²) in [6.45, 7) is 0.943. The van der Waals surface area contributed by atoms with Crippen molar-refractivity contribution in [1.29, 1.82) is 0 Å². The van der Waals surface area contributed by atoms with Crippen LogP contribution >= 0.6 is 0 Å². The molecule has 0 aliphatic carbocycles. The smallest absolute Gasteiger partial charge is 0.0849 e. The maximum Gasteiger partial charge on any atom is 0.0849 e. The molecule has 0 amide bonds. The zero-order valence-corrected chi connectivity index (χ0v) is 7.49. The third-order valence-electron chi connectivity index (χ3n) is 2.42. The molecule has 1 aliphatic heterocycles. The third-order valence-corrected chi connectivity index (χ3v) is 2.42. The first-order chi connectivity index (χ1) is 6.42. The fourth-order valence-corrected chi connectivity index (χ4v) is 1.76. The molecule has 2 nitrogen and oxygen atoms in total. The number of hydrogen-bond donors (Lipinski definition) is 1. The molecule has 1 aromatic carbocycles. The van der Waals surface area contributed by atoms with E-state index in [9.17, 15) is 0 Å². The lowest BCUT2D eigenvalue weighted by atomic mass is 9.96. The maximum absolute atomic E-state index is 8.86. The molecular weight excluding hydrogens is 164 g/mol. The molecule has 13 heavy (non-hydrogen) atoms. The summed E-state index contributed by atoms with van der Waals surface area (Å²) in [6, 6.07) is 9.02. The molecule has 0 spiro atoms. The summed E-state index contributed by atoms with van der Waals surface area (Å²) in [5.41, 5.74) is 2.53. The molecule has 0 saturated carbocycles. The van der Waals surface area contributed by atoms with Gasteiger partial charge in [-0.2, -0.15) is 0 Å². The van der Waals surface area contributed by atoms with Crippen molar-refractivity contribution in [2.75, 3.05) is 13.2 Å². The second-order valence-electron chi connectivity index (χ2n) is 3.25. The molecule has 1 N–H and O–H groups in total. The van der Waals surface area contributed by atoms with Crippen LogP contribution in [0.3, 0.4) is 0 Å². The molecular formula is C11H13O2. The summed E-state index contributed by atoms with van der Waals surface area (Å²) >= 11 is 0. The van der Waals surface area contributed by atoms with Crippen molar-refractivity contribution < 1.29 is 9.84 Å². The van der Waals surface area contributed by atoms with Gasteiger partial charge in [-0.05, 0) is 23.6 Å². The topological polar surface area (TPSA) is 29.5 Å². The predicted molar refractivity (Wildman–Crippen MR) is 49.4 cm³/mol. The molecule has 1 atom stereocenters. The molecule has 1 heterocycles. The average molecular weight is 177 g/mol.